The molecule has 1 aliphatic carbocycles. The van der Waals surface area contributed by atoms with Crippen molar-refractivity contribution in [2.45, 2.75) is 44.6 Å². The van der Waals surface area contributed by atoms with Gasteiger partial charge in [0.05, 0.1) is 23.7 Å². The first-order valence-corrected chi connectivity index (χ1v) is 12.3. The van der Waals surface area contributed by atoms with E-state index in [4.69, 9.17) is 9.72 Å². The molecule has 5 rings (SSSR count). The molecule has 0 radical (unpaired) electrons. The van der Waals surface area contributed by atoms with Gasteiger partial charge in [-0.3, -0.25) is 14.2 Å². The van der Waals surface area contributed by atoms with Crippen molar-refractivity contribution in [2.75, 3.05) is 38.2 Å². The van der Waals surface area contributed by atoms with Crippen LogP contribution >= 0.6 is 0 Å². The zero-order chi connectivity index (χ0) is 23.5. The topological polar surface area (TPSA) is 67.7 Å². The molecule has 34 heavy (non-hydrogen) atoms. The van der Waals surface area contributed by atoms with Gasteiger partial charge in [0.25, 0.3) is 5.56 Å². The molecule has 1 saturated heterocycles. The third-order valence-corrected chi connectivity index (χ3v) is 7.21. The number of anilines is 1. The number of amides is 1. The van der Waals surface area contributed by atoms with E-state index in [-0.39, 0.29) is 23.9 Å². The Morgan fingerprint density at radius 1 is 0.971 bits per heavy atom. The number of piperazine rings is 1. The highest BCUT2D eigenvalue weighted by molar-refractivity contribution is 5.79. The van der Waals surface area contributed by atoms with Crippen molar-refractivity contribution < 1.29 is 9.53 Å². The van der Waals surface area contributed by atoms with Crippen LogP contribution in [0.1, 0.15) is 43.8 Å². The molecule has 7 nitrogen and oxygen atoms in total. The molecule has 1 amide bonds. The lowest BCUT2D eigenvalue weighted by Gasteiger charge is -2.37. The van der Waals surface area contributed by atoms with Crippen LogP contribution in [0, 0.1) is 0 Å². The van der Waals surface area contributed by atoms with Crippen molar-refractivity contribution in [2.24, 2.45) is 0 Å². The van der Waals surface area contributed by atoms with E-state index >= 15 is 0 Å². The number of hydrogen-bond donors (Lipinski definition) is 0. The minimum absolute atomic E-state index is 0.0177. The first-order chi connectivity index (χ1) is 16.7. The number of benzene rings is 2. The Bertz CT molecular complexity index is 1220. The van der Waals surface area contributed by atoms with E-state index in [9.17, 15) is 9.59 Å². The molecule has 2 fully saturated rings. The Hall–Kier alpha value is -3.35. The zero-order valence-electron chi connectivity index (χ0n) is 19.8. The monoisotopic (exact) mass is 460 g/mol. The summed E-state index contributed by atoms with van der Waals surface area (Å²) in [6, 6.07) is 15.4. The highest BCUT2D eigenvalue weighted by Crippen LogP contribution is 2.32. The molecule has 0 N–H and O–H groups in total. The summed E-state index contributed by atoms with van der Waals surface area (Å²) in [4.78, 5) is 35.8. The maximum absolute atomic E-state index is 13.4. The molecule has 2 heterocycles. The fourth-order valence-electron chi connectivity index (χ4n) is 5.33. The van der Waals surface area contributed by atoms with Gasteiger partial charge in [-0.1, -0.05) is 43.5 Å². The van der Waals surface area contributed by atoms with Gasteiger partial charge in [0.2, 0.25) is 5.91 Å². The molecule has 3 aromatic rings. The minimum atomic E-state index is -0.104. The first kappa shape index (κ1) is 22.4. The smallest absolute Gasteiger partial charge is 0.261 e. The van der Waals surface area contributed by atoms with Crippen molar-refractivity contribution in [1.29, 1.82) is 0 Å². The second-order valence-corrected chi connectivity index (χ2v) is 9.25. The summed E-state index contributed by atoms with van der Waals surface area (Å²) in [5.41, 5.74) is 1.67. The highest BCUT2D eigenvalue weighted by Gasteiger charge is 2.27. The molecule has 2 aromatic carbocycles. The summed E-state index contributed by atoms with van der Waals surface area (Å²) in [6.07, 6.45) is 5.56. The predicted molar refractivity (Wildman–Crippen MR) is 134 cm³/mol. The fraction of sp³-hybridized carbons (Fsp3) is 0.444. The van der Waals surface area contributed by atoms with E-state index in [2.05, 4.69) is 4.90 Å². The van der Waals surface area contributed by atoms with Gasteiger partial charge in [0.1, 0.15) is 18.1 Å². The van der Waals surface area contributed by atoms with Crippen molar-refractivity contribution in [3.8, 4) is 5.75 Å². The van der Waals surface area contributed by atoms with Crippen LogP contribution in [-0.4, -0.2) is 53.6 Å². The molecule has 7 heteroatoms. The fourth-order valence-corrected chi connectivity index (χ4v) is 5.33. The number of fused-ring (bicyclic) bond motifs is 1. The molecule has 2 aliphatic rings. The van der Waals surface area contributed by atoms with Crippen LogP contribution in [0.3, 0.4) is 0 Å². The second-order valence-electron chi connectivity index (χ2n) is 9.25. The normalized spacial score (nSPS) is 17.2. The molecular weight excluding hydrogens is 428 g/mol. The lowest BCUT2D eigenvalue weighted by molar-refractivity contribution is -0.132. The van der Waals surface area contributed by atoms with Crippen LogP contribution in [0.25, 0.3) is 10.9 Å². The van der Waals surface area contributed by atoms with Crippen LogP contribution in [0.2, 0.25) is 0 Å². The summed E-state index contributed by atoms with van der Waals surface area (Å²) in [5, 5.41) is 0.579. The van der Waals surface area contributed by atoms with E-state index in [0.29, 0.717) is 18.5 Å². The zero-order valence-corrected chi connectivity index (χ0v) is 19.8. The molecule has 0 unspecified atom stereocenters. The predicted octanol–water partition coefficient (Wildman–Crippen LogP) is 3.80. The van der Waals surface area contributed by atoms with E-state index in [1.54, 1.807) is 11.7 Å². The number of carbonyl (C=O) groups is 1. The average Bonchev–Trinajstić information content (AvgIpc) is 2.90. The van der Waals surface area contributed by atoms with E-state index in [1.165, 1.54) is 6.42 Å². The summed E-state index contributed by atoms with van der Waals surface area (Å²) >= 11 is 0. The van der Waals surface area contributed by atoms with Gasteiger partial charge >= 0.3 is 0 Å². The maximum Gasteiger partial charge on any atom is 0.261 e. The molecule has 0 bridgehead atoms. The number of methoxy groups -OCH3 is 1. The van der Waals surface area contributed by atoms with E-state index < -0.39 is 0 Å². The number of hydrogen-bond acceptors (Lipinski definition) is 5. The van der Waals surface area contributed by atoms with Gasteiger partial charge in [-0.05, 0) is 37.1 Å². The van der Waals surface area contributed by atoms with Crippen molar-refractivity contribution in [1.82, 2.24) is 14.5 Å². The van der Waals surface area contributed by atoms with Gasteiger partial charge in [-0.25, -0.2) is 4.98 Å². The number of ether oxygens (including phenoxy) is 1. The van der Waals surface area contributed by atoms with Crippen LogP contribution in [0.4, 0.5) is 5.69 Å². The number of rotatable bonds is 5. The molecule has 178 valence electrons. The van der Waals surface area contributed by atoms with Gasteiger partial charge in [0, 0.05) is 32.1 Å². The molecule has 1 aliphatic heterocycles. The maximum atomic E-state index is 13.4. The largest absolute Gasteiger partial charge is 0.495 e. The number of para-hydroxylation sites is 3. The molecule has 0 spiro atoms. The quantitative estimate of drug-likeness (QED) is 0.579. The minimum Gasteiger partial charge on any atom is -0.495 e. The number of nitrogens with zero attached hydrogens (tertiary/aromatic N) is 4. The van der Waals surface area contributed by atoms with Gasteiger partial charge in [-0.2, -0.15) is 0 Å². The summed E-state index contributed by atoms with van der Waals surface area (Å²) in [5.74, 6) is 1.84. The first-order valence-electron chi connectivity index (χ1n) is 12.3. The molecule has 1 saturated carbocycles. The molecule has 1 aromatic heterocycles. The Kier molecular flexibility index (Phi) is 6.52. The van der Waals surface area contributed by atoms with Gasteiger partial charge in [-0.15, -0.1) is 0 Å². The standard InChI is InChI=1S/C27H32N4O3/c1-34-24-14-8-7-13-23(24)29-15-17-30(18-16-29)25(32)19-31-26(20-9-3-2-4-10-20)28-22-12-6-5-11-21(22)27(31)33/h5-8,11-14,20H,2-4,9-10,15-19H2,1H3. The highest BCUT2D eigenvalue weighted by atomic mass is 16.5. The Labute approximate surface area is 200 Å². The van der Waals surface area contributed by atoms with Crippen molar-refractivity contribution in [3.63, 3.8) is 0 Å². The third-order valence-electron chi connectivity index (χ3n) is 7.21. The van der Waals surface area contributed by atoms with Gasteiger partial charge < -0.3 is 14.5 Å². The summed E-state index contributed by atoms with van der Waals surface area (Å²) in [6.45, 7) is 2.74. The molecule has 0 atom stereocenters. The van der Waals surface area contributed by atoms with Crippen LogP contribution in [-0.2, 0) is 11.3 Å². The Morgan fingerprint density at radius 2 is 1.68 bits per heavy atom. The second kappa shape index (κ2) is 9.87. The number of carbonyl (C=O) groups excluding carboxylic acids is 1. The average molecular weight is 461 g/mol. The van der Waals surface area contributed by atoms with Crippen molar-refractivity contribution in [3.05, 3.63) is 64.7 Å². The summed E-state index contributed by atoms with van der Waals surface area (Å²) in [7, 11) is 1.68. The summed E-state index contributed by atoms with van der Waals surface area (Å²) < 4.78 is 7.16. The Balaban J connectivity index is 1.36. The van der Waals surface area contributed by atoms with Crippen LogP contribution < -0.4 is 15.2 Å². The molecular formula is C27H32N4O3. The van der Waals surface area contributed by atoms with Gasteiger partial charge in [0.15, 0.2) is 0 Å². The van der Waals surface area contributed by atoms with Crippen LogP contribution in [0.15, 0.2) is 53.3 Å². The van der Waals surface area contributed by atoms with Crippen LogP contribution in [0.5, 0.6) is 5.75 Å². The Morgan fingerprint density at radius 3 is 2.44 bits per heavy atom. The van der Waals surface area contributed by atoms with Crippen molar-refractivity contribution >= 4 is 22.5 Å². The lowest BCUT2D eigenvalue weighted by Crippen LogP contribution is -2.50. The third kappa shape index (κ3) is 4.39. The van der Waals surface area contributed by atoms with E-state index in [1.807, 2.05) is 53.4 Å². The van der Waals surface area contributed by atoms with E-state index in [0.717, 1.165) is 61.6 Å². The number of aromatic nitrogens is 2. The SMILES string of the molecule is COc1ccccc1N1CCN(C(=O)Cn2c(C3CCCCC3)nc3ccccc3c2=O)CC1. The lowest BCUT2D eigenvalue weighted by atomic mass is 9.88.